The predicted octanol–water partition coefficient (Wildman–Crippen LogP) is 2.62. The third kappa shape index (κ3) is 3.56. The molecule has 0 amide bonds. The fourth-order valence-electron chi connectivity index (χ4n) is 1.71. The fraction of sp³-hybridized carbons (Fsp3) is 0.615. The Balaban J connectivity index is 2.05. The van der Waals surface area contributed by atoms with E-state index in [0.717, 1.165) is 18.7 Å². The number of anilines is 1. The molecule has 0 unspecified atom stereocenters. The first-order valence-electron chi connectivity index (χ1n) is 6.29. The number of nitrogens with one attached hydrogen (secondary N) is 1. The molecule has 1 saturated carbocycles. The molecule has 1 heterocycles. The van der Waals surface area contributed by atoms with Gasteiger partial charge in [0.1, 0.15) is 16.8 Å². The number of carbonyl (C=O) groups excluding carboxylic acids is 1. The van der Waals surface area contributed by atoms with Crippen molar-refractivity contribution in [1.29, 1.82) is 0 Å². The second-order valence-electron chi connectivity index (χ2n) is 5.44. The summed E-state index contributed by atoms with van der Waals surface area (Å²) in [7, 11) is 1.39. The molecule has 0 bridgehead atoms. The standard InChI is InChI=1S/C13H18ClN3O2/c1-13(2,12(18)19-3)7-15-10-6-9(14)16-11(17-10)8-4-5-8/h6,8H,4-5,7H2,1-3H3,(H,15,16,17). The third-order valence-electron chi connectivity index (χ3n) is 3.10. The van der Waals surface area contributed by atoms with Crippen molar-refractivity contribution in [2.45, 2.75) is 32.6 Å². The quantitative estimate of drug-likeness (QED) is 0.665. The topological polar surface area (TPSA) is 64.1 Å². The number of hydrogen-bond acceptors (Lipinski definition) is 5. The summed E-state index contributed by atoms with van der Waals surface area (Å²) in [6, 6.07) is 1.67. The average Bonchev–Trinajstić information content (AvgIpc) is 3.19. The highest BCUT2D eigenvalue weighted by Crippen LogP contribution is 2.38. The SMILES string of the molecule is COC(=O)C(C)(C)CNc1cc(Cl)nc(C2CC2)n1. The normalized spacial score (nSPS) is 15.2. The van der Waals surface area contributed by atoms with Gasteiger partial charge in [0.25, 0.3) is 0 Å². The lowest BCUT2D eigenvalue weighted by Gasteiger charge is -2.22. The number of hydrogen-bond donors (Lipinski definition) is 1. The van der Waals surface area contributed by atoms with Gasteiger partial charge in [-0.05, 0) is 26.7 Å². The molecule has 0 spiro atoms. The molecule has 0 atom stereocenters. The fourth-order valence-corrected chi connectivity index (χ4v) is 1.90. The maximum absolute atomic E-state index is 11.6. The van der Waals surface area contributed by atoms with E-state index in [4.69, 9.17) is 16.3 Å². The molecule has 1 aromatic rings. The van der Waals surface area contributed by atoms with Gasteiger partial charge in [-0.15, -0.1) is 0 Å². The van der Waals surface area contributed by atoms with Crippen molar-refractivity contribution in [1.82, 2.24) is 9.97 Å². The zero-order valence-electron chi connectivity index (χ0n) is 11.4. The predicted molar refractivity (Wildman–Crippen MR) is 73.3 cm³/mol. The smallest absolute Gasteiger partial charge is 0.313 e. The zero-order valence-corrected chi connectivity index (χ0v) is 12.1. The van der Waals surface area contributed by atoms with E-state index in [1.54, 1.807) is 6.07 Å². The summed E-state index contributed by atoms with van der Waals surface area (Å²) in [4.78, 5) is 20.2. The van der Waals surface area contributed by atoms with E-state index in [0.29, 0.717) is 23.4 Å². The van der Waals surface area contributed by atoms with Gasteiger partial charge in [-0.1, -0.05) is 11.6 Å². The van der Waals surface area contributed by atoms with Crippen LogP contribution in [0.5, 0.6) is 0 Å². The molecule has 0 saturated heterocycles. The van der Waals surface area contributed by atoms with Crippen molar-refractivity contribution in [2.75, 3.05) is 19.0 Å². The Morgan fingerprint density at radius 3 is 2.79 bits per heavy atom. The van der Waals surface area contributed by atoms with Crippen molar-refractivity contribution >= 4 is 23.4 Å². The van der Waals surface area contributed by atoms with Gasteiger partial charge >= 0.3 is 5.97 Å². The summed E-state index contributed by atoms with van der Waals surface area (Å²) in [5.74, 6) is 1.61. The summed E-state index contributed by atoms with van der Waals surface area (Å²) < 4.78 is 4.76. The molecule has 6 heteroatoms. The van der Waals surface area contributed by atoms with E-state index < -0.39 is 5.41 Å². The number of halogens is 1. The van der Waals surface area contributed by atoms with Crippen molar-refractivity contribution in [3.63, 3.8) is 0 Å². The van der Waals surface area contributed by atoms with Crippen molar-refractivity contribution in [2.24, 2.45) is 5.41 Å². The minimum absolute atomic E-state index is 0.262. The molecule has 5 nitrogen and oxygen atoms in total. The van der Waals surface area contributed by atoms with E-state index in [9.17, 15) is 4.79 Å². The van der Waals surface area contributed by atoms with Crippen LogP contribution in [-0.4, -0.2) is 29.6 Å². The number of aromatic nitrogens is 2. The number of esters is 1. The maximum atomic E-state index is 11.6. The highest BCUT2D eigenvalue weighted by atomic mass is 35.5. The van der Waals surface area contributed by atoms with Crippen LogP contribution in [0.2, 0.25) is 5.15 Å². The first kappa shape index (κ1) is 14.1. The average molecular weight is 284 g/mol. The second-order valence-corrected chi connectivity index (χ2v) is 5.82. The van der Waals surface area contributed by atoms with Gasteiger partial charge in [0, 0.05) is 18.5 Å². The van der Waals surface area contributed by atoms with Crippen LogP contribution in [0.1, 0.15) is 38.4 Å². The molecule has 1 aliphatic carbocycles. The highest BCUT2D eigenvalue weighted by Gasteiger charge is 2.30. The summed E-state index contributed by atoms with van der Waals surface area (Å²) in [6.07, 6.45) is 2.24. The van der Waals surface area contributed by atoms with Gasteiger partial charge in [0.2, 0.25) is 0 Å². The van der Waals surface area contributed by atoms with Crippen LogP contribution >= 0.6 is 11.6 Å². The number of nitrogens with zero attached hydrogens (tertiary/aromatic N) is 2. The summed E-state index contributed by atoms with van der Waals surface area (Å²) in [6.45, 7) is 4.06. The van der Waals surface area contributed by atoms with Crippen LogP contribution < -0.4 is 5.32 Å². The van der Waals surface area contributed by atoms with Gasteiger partial charge in [-0.25, -0.2) is 9.97 Å². The molecule has 0 radical (unpaired) electrons. The Morgan fingerprint density at radius 2 is 2.21 bits per heavy atom. The van der Waals surface area contributed by atoms with E-state index in [2.05, 4.69) is 15.3 Å². The lowest BCUT2D eigenvalue weighted by Crippen LogP contribution is -2.33. The summed E-state index contributed by atoms with van der Waals surface area (Å²) in [5.41, 5.74) is -0.619. The first-order valence-corrected chi connectivity index (χ1v) is 6.67. The van der Waals surface area contributed by atoms with Crippen molar-refractivity contribution in [3.8, 4) is 0 Å². The molecule has 0 aromatic carbocycles. The van der Waals surface area contributed by atoms with Crippen LogP contribution in [0.3, 0.4) is 0 Å². The van der Waals surface area contributed by atoms with Crippen LogP contribution in [0.25, 0.3) is 0 Å². The Morgan fingerprint density at radius 1 is 1.53 bits per heavy atom. The molecule has 1 fully saturated rings. The zero-order chi connectivity index (χ0) is 14.0. The molecular formula is C13H18ClN3O2. The van der Waals surface area contributed by atoms with Crippen LogP contribution in [-0.2, 0) is 9.53 Å². The lowest BCUT2D eigenvalue weighted by molar-refractivity contribution is -0.149. The molecule has 1 N–H and O–H groups in total. The second kappa shape index (κ2) is 5.33. The van der Waals surface area contributed by atoms with Gasteiger partial charge in [-0.2, -0.15) is 0 Å². The Hall–Kier alpha value is -1.36. The number of methoxy groups -OCH3 is 1. The molecule has 2 rings (SSSR count). The molecule has 19 heavy (non-hydrogen) atoms. The first-order chi connectivity index (χ1) is 8.92. The van der Waals surface area contributed by atoms with E-state index in [-0.39, 0.29) is 5.97 Å². The molecule has 1 aliphatic rings. The summed E-state index contributed by atoms with van der Waals surface area (Å²) >= 11 is 5.98. The highest BCUT2D eigenvalue weighted by molar-refractivity contribution is 6.29. The number of rotatable bonds is 5. The largest absolute Gasteiger partial charge is 0.469 e. The maximum Gasteiger partial charge on any atom is 0.313 e. The van der Waals surface area contributed by atoms with E-state index >= 15 is 0 Å². The molecular weight excluding hydrogens is 266 g/mol. The Bertz CT molecular complexity index is 487. The van der Waals surface area contributed by atoms with Crippen LogP contribution in [0.15, 0.2) is 6.07 Å². The monoisotopic (exact) mass is 283 g/mol. The van der Waals surface area contributed by atoms with Gasteiger partial charge < -0.3 is 10.1 Å². The lowest BCUT2D eigenvalue weighted by atomic mass is 9.94. The van der Waals surface area contributed by atoms with Crippen molar-refractivity contribution < 1.29 is 9.53 Å². The van der Waals surface area contributed by atoms with E-state index in [1.165, 1.54) is 7.11 Å². The molecule has 104 valence electrons. The summed E-state index contributed by atoms with van der Waals surface area (Å²) in [5, 5.41) is 3.55. The number of ether oxygens (including phenoxy) is 1. The van der Waals surface area contributed by atoms with Gasteiger partial charge in [0.05, 0.1) is 12.5 Å². The molecule has 0 aliphatic heterocycles. The van der Waals surface area contributed by atoms with Crippen LogP contribution in [0, 0.1) is 5.41 Å². The van der Waals surface area contributed by atoms with Gasteiger partial charge in [0.15, 0.2) is 0 Å². The minimum atomic E-state index is -0.619. The third-order valence-corrected chi connectivity index (χ3v) is 3.30. The Labute approximate surface area is 117 Å². The Kier molecular flexibility index (Phi) is 3.94. The van der Waals surface area contributed by atoms with Crippen LogP contribution in [0.4, 0.5) is 5.82 Å². The van der Waals surface area contributed by atoms with Gasteiger partial charge in [-0.3, -0.25) is 4.79 Å². The number of carbonyl (C=O) groups is 1. The van der Waals surface area contributed by atoms with Crippen molar-refractivity contribution in [3.05, 3.63) is 17.0 Å². The molecule has 1 aromatic heterocycles. The minimum Gasteiger partial charge on any atom is -0.469 e. The van der Waals surface area contributed by atoms with E-state index in [1.807, 2.05) is 13.8 Å².